The molecular formula is C16H10BrNO4. The number of hydrogen-bond acceptors (Lipinski definition) is 4. The lowest BCUT2D eigenvalue weighted by molar-refractivity contribution is 0.0925. The fraction of sp³-hybridized carbons (Fsp3) is 0.125. The number of halogens is 1. The summed E-state index contributed by atoms with van der Waals surface area (Å²) in [4.78, 5) is 26.2. The first-order valence-electron chi connectivity index (χ1n) is 6.74. The number of imide groups is 1. The van der Waals surface area contributed by atoms with E-state index < -0.39 is 0 Å². The molecule has 0 saturated heterocycles. The summed E-state index contributed by atoms with van der Waals surface area (Å²) < 4.78 is 11.6. The zero-order valence-electron chi connectivity index (χ0n) is 11.3. The molecule has 0 spiro atoms. The van der Waals surface area contributed by atoms with Gasteiger partial charge in [-0.1, -0.05) is 12.1 Å². The van der Waals surface area contributed by atoms with Gasteiger partial charge in [0.15, 0.2) is 11.5 Å². The Balaban J connectivity index is 1.84. The zero-order valence-corrected chi connectivity index (χ0v) is 12.9. The number of fused-ring (bicyclic) bond motifs is 2. The van der Waals surface area contributed by atoms with Crippen molar-refractivity contribution < 1.29 is 19.1 Å². The molecule has 110 valence electrons. The number of amides is 2. The molecule has 6 heteroatoms. The molecule has 5 nitrogen and oxygen atoms in total. The van der Waals surface area contributed by atoms with Crippen LogP contribution >= 0.6 is 15.9 Å². The van der Waals surface area contributed by atoms with Crippen LogP contribution in [0.15, 0.2) is 40.9 Å². The Morgan fingerprint density at radius 3 is 2.05 bits per heavy atom. The average molecular weight is 360 g/mol. The predicted molar refractivity (Wildman–Crippen MR) is 82.7 cm³/mol. The Labute approximate surface area is 134 Å². The summed E-state index contributed by atoms with van der Waals surface area (Å²) in [7, 11) is 0. The van der Waals surface area contributed by atoms with Crippen molar-refractivity contribution in [1.29, 1.82) is 0 Å². The van der Waals surface area contributed by atoms with Gasteiger partial charge in [-0.2, -0.15) is 0 Å². The van der Waals surface area contributed by atoms with E-state index in [-0.39, 0.29) is 11.8 Å². The van der Waals surface area contributed by atoms with Gasteiger partial charge in [0.1, 0.15) is 13.2 Å². The van der Waals surface area contributed by atoms with Crippen molar-refractivity contribution in [3.63, 3.8) is 0 Å². The van der Waals surface area contributed by atoms with Crippen LogP contribution in [0.25, 0.3) is 0 Å². The zero-order chi connectivity index (χ0) is 15.3. The molecule has 0 radical (unpaired) electrons. The monoisotopic (exact) mass is 359 g/mol. The van der Waals surface area contributed by atoms with E-state index in [1.54, 1.807) is 36.4 Å². The summed E-state index contributed by atoms with van der Waals surface area (Å²) >= 11 is 3.40. The van der Waals surface area contributed by atoms with Crippen LogP contribution in [0.4, 0.5) is 5.69 Å². The quantitative estimate of drug-likeness (QED) is 0.734. The molecule has 0 N–H and O–H groups in total. The van der Waals surface area contributed by atoms with Gasteiger partial charge in [-0.05, 0) is 28.1 Å². The number of hydrogen-bond donors (Lipinski definition) is 0. The average Bonchev–Trinajstić information content (AvgIpc) is 2.79. The molecule has 0 atom stereocenters. The van der Waals surface area contributed by atoms with Crippen molar-refractivity contribution in [2.45, 2.75) is 0 Å². The van der Waals surface area contributed by atoms with Crippen LogP contribution in [-0.2, 0) is 0 Å². The van der Waals surface area contributed by atoms with Crippen LogP contribution in [-0.4, -0.2) is 25.0 Å². The third-order valence-corrected chi connectivity index (χ3v) is 4.28. The highest BCUT2D eigenvalue weighted by Crippen LogP contribution is 2.42. The van der Waals surface area contributed by atoms with E-state index in [1.165, 1.54) is 0 Å². The van der Waals surface area contributed by atoms with Crippen molar-refractivity contribution in [2.75, 3.05) is 18.1 Å². The van der Waals surface area contributed by atoms with Crippen LogP contribution in [0, 0.1) is 0 Å². The number of anilines is 1. The molecule has 2 aliphatic heterocycles. The summed E-state index contributed by atoms with van der Waals surface area (Å²) in [6.45, 7) is 0.919. The van der Waals surface area contributed by atoms with Crippen molar-refractivity contribution in [3.8, 4) is 11.5 Å². The van der Waals surface area contributed by atoms with E-state index in [0.29, 0.717) is 46.0 Å². The van der Waals surface area contributed by atoms with E-state index in [0.717, 1.165) is 4.90 Å². The molecule has 2 aliphatic rings. The van der Waals surface area contributed by atoms with Gasteiger partial charge in [-0.25, -0.2) is 4.90 Å². The summed E-state index contributed by atoms with van der Waals surface area (Å²) in [5.74, 6) is 0.454. The second kappa shape index (κ2) is 4.84. The third kappa shape index (κ3) is 1.84. The largest absolute Gasteiger partial charge is 0.486 e. The SMILES string of the molecule is O=C1c2ccccc2C(=O)N1c1cc2c(cc1Br)OCCO2. The lowest BCUT2D eigenvalue weighted by atomic mass is 10.1. The first kappa shape index (κ1) is 13.3. The van der Waals surface area contributed by atoms with Crippen LogP contribution in [0.5, 0.6) is 11.5 Å². The maximum absolute atomic E-state index is 12.5. The van der Waals surface area contributed by atoms with Gasteiger partial charge in [0.25, 0.3) is 11.8 Å². The number of carbonyl (C=O) groups excluding carboxylic acids is 2. The van der Waals surface area contributed by atoms with Crippen molar-refractivity contribution in [2.24, 2.45) is 0 Å². The number of benzene rings is 2. The topological polar surface area (TPSA) is 55.8 Å². The van der Waals surface area contributed by atoms with E-state index in [2.05, 4.69) is 15.9 Å². The first-order chi connectivity index (χ1) is 10.7. The molecule has 2 aromatic rings. The van der Waals surface area contributed by atoms with Crippen LogP contribution in [0.3, 0.4) is 0 Å². The molecule has 0 fully saturated rings. The van der Waals surface area contributed by atoms with Gasteiger partial charge in [-0.3, -0.25) is 9.59 Å². The Morgan fingerprint density at radius 2 is 1.45 bits per heavy atom. The van der Waals surface area contributed by atoms with Crippen LogP contribution < -0.4 is 14.4 Å². The molecular weight excluding hydrogens is 350 g/mol. The molecule has 4 rings (SSSR count). The van der Waals surface area contributed by atoms with Gasteiger partial charge < -0.3 is 9.47 Å². The molecule has 0 aliphatic carbocycles. The fourth-order valence-electron chi connectivity index (χ4n) is 2.63. The minimum absolute atomic E-state index is 0.335. The van der Waals surface area contributed by atoms with Gasteiger partial charge in [0.2, 0.25) is 0 Å². The van der Waals surface area contributed by atoms with E-state index in [1.807, 2.05) is 0 Å². The Hall–Kier alpha value is -2.34. The molecule has 0 bridgehead atoms. The highest BCUT2D eigenvalue weighted by atomic mass is 79.9. The number of ether oxygens (including phenoxy) is 2. The van der Waals surface area contributed by atoms with E-state index >= 15 is 0 Å². The molecule has 0 aromatic heterocycles. The minimum atomic E-state index is -0.335. The van der Waals surface area contributed by atoms with Crippen LogP contribution in [0.2, 0.25) is 0 Å². The molecule has 2 heterocycles. The fourth-order valence-corrected chi connectivity index (χ4v) is 3.13. The smallest absolute Gasteiger partial charge is 0.266 e. The highest BCUT2D eigenvalue weighted by Gasteiger charge is 2.37. The van der Waals surface area contributed by atoms with Gasteiger partial charge in [0.05, 0.1) is 16.8 Å². The molecule has 0 unspecified atom stereocenters. The van der Waals surface area contributed by atoms with Crippen molar-refractivity contribution in [1.82, 2.24) is 0 Å². The van der Waals surface area contributed by atoms with Gasteiger partial charge in [-0.15, -0.1) is 0 Å². The Bertz CT molecular complexity index is 783. The second-order valence-electron chi connectivity index (χ2n) is 4.94. The third-order valence-electron chi connectivity index (χ3n) is 3.65. The second-order valence-corrected chi connectivity index (χ2v) is 5.79. The highest BCUT2D eigenvalue weighted by molar-refractivity contribution is 9.10. The summed E-state index contributed by atoms with van der Waals surface area (Å²) in [6, 6.07) is 10.2. The molecule has 0 saturated carbocycles. The lowest BCUT2D eigenvalue weighted by Crippen LogP contribution is -2.30. The Kier molecular flexibility index (Phi) is 2.94. The predicted octanol–water partition coefficient (Wildman–Crippen LogP) is 3.02. The van der Waals surface area contributed by atoms with E-state index in [4.69, 9.17) is 9.47 Å². The maximum Gasteiger partial charge on any atom is 0.266 e. The van der Waals surface area contributed by atoms with Crippen molar-refractivity contribution in [3.05, 3.63) is 52.0 Å². The first-order valence-corrected chi connectivity index (χ1v) is 7.53. The number of nitrogens with zero attached hydrogens (tertiary/aromatic N) is 1. The number of rotatable bonds is 1. The van der Waals surface area contributed by atoms with E-state index in [9.17, 15) is 9.59 Å². The van der Waals surface area contributed by atoms with Gasteiger partial charge >= 0.3 is 0 Å². The summed E-state index contributed by atoms with van der Waals surface area (Å²) in [5, 5.41) is 0. The lowest BCUT2D eigenvalue weighted by Gasteiger charge is -2.22. The molecule has 2 aromatic carbocycles. The van der Waals surface area contributed by atoms with Gasteiger partial charge in [0, 0.05) is 16.6 Å². The minimum Gasteiger partial charge on any atom is -0.486 e. The normalized spacial score (nSPS) is 16.0. The summed E-state index contributed by atoms with van der Waals surface area (Å²) in [5.41, 5.74) is 1.28. The molecule has 2 amide bonds. The number of carbonyl (C=O) groups is 2. The Morgan fingerprint density at radius 1 is 0.909 bits per heavy atom. The maximum atomic E-state index is 12.5. The van der Waals surface area contributed by atoms with Crippen molar-refractivity contribution >= 4 is 33.4 Å². The van der Waals surface area contributed by atoms with Crippen LogP contribution in [0.1, 0.15) is 20.7 Å². The summed E-state index contributed by atoms with van der Waals surface area (Å²) in [6.07, 6.45) is 0. The standard InChI is InChI=1S/C16H10BrNO4/c17-11-7-13-14(22-6-5-21-13)8-12(11)18-15(19)9-3-1-2-4-10(9)16(18)20/h1-4,7-8H,5-6H2. The molecule has 22 heavy (non-hydrogen) atoms.